The van der Waals surface area contributed by atoms with Crippen LogP contribution in [0.25, 0.3) is 0 Å². The van der Waals surface area contributed by atoms with Gasteiger partial charge in [0.25, 0.3) is 5.91 Å². The maximum Gasteiger partial charge on any atom is 0.251 e. The van der Waals surface area contributed by atoms with Crippen LogP contribution in [0.15, 0.2) is 24.3 Å². The maximum absolute atomic E-state index is 12.4. The van der Waals surface area contributed by atoms with Crippen LogP contribution >= 0.6 is 0 Å². The lowest BCUT2D eigenvalue weighted by Gasteiger charge is -2.22. The van der Waals surface area contributed by atoms with Crippen molar-refractivity contribution >= 4 is 11.8 Å². The van der Waals surface area contributed by atoms with Gasteiger partial charge in [-0.15, -0.1) is 0 Å². The predicted molar refractivity (Wildman–Crippen MR) is 91.1 cm³/mol. The van der Waals surface area contributed by atoms with Crippen molar-refractivity contribution in [3.05, 3.63) is 29.8 Å². The second kappa shape index (κ2) is 8.68. The summed E-state index contributed by atoms with van der Waals surface area (Å²) in [5.41, 5.74) is 0.494. The summed E-state index contributed by atoms with van der Waals surface area (Å²) in [6, 6.07) is 6.21. The molecule has 0 unspecified atom stereocenters. The SMILES string of the molecule is COc1ccc(C(=O)N[C@H](C(=O)NC[C@@H]2CCCO2)C(C)C)cc1. The van der Waals surface area contributed by atoms with E-state index in [1.807, 2.05) is 13.8 Å². The average molecular weight is 334 g/mol. The Morgan fingerprint density at radius 2 is 2.00 bits per heavy atom. The van der Waals surface area contributed by atoms with Crippen molar-refractivity contribution in [2.45, 2.75) is 38.8 Å². The molecule has 6 heteroatoms. The van der Waals surface area contributed by atoms with Crippen LogP contribution in [0.2, 0.25) is 0 Å². The van der Waals surface area contributed by atoms with Gasteiger partial charge in [-0.1, -0.05) is 13.8 Å². The van der Waals surface area contributed by atoms with Crippen LogP contribution in [0.3, 0.4) is 0 Å². The van der Waals surface area contributed by atoms with E-state index >= 15 is 0 Å². The van der Waals surface area contributed by atoms with E-state index in [9.17, 15) is 9.59 Å². The van der Waals surface area contributed by atoms with E-state index in [2.05, 4.69) is 10.6 Å². The largest absolute Gasteiger partial charge is 0.497 e. The minimum absolute atomic E-state index is 0.0169. The van der Waals surface area contributed by atoms with Crippen LogP contribution in [-0.4, -0.2) is 44.2 Å². The van der Waals surface area contributed by atoms with Crippen LogP contribution in [-0.2, 0) is 9.53 Å². The molecule has 2 amide bonds. The Bertz CT molecular complexity index is 551. The molecule has 6 nitrogen and oxygen atoms in total. The molecule has 0 spiro atoms. The van der Waals surface area contributed by atoms with E-state index in [0.29, 0.717) is 17.9 Å². The van der Waals surface area contributed by atoms with Gasteiger partial charge in [-0.25, -0.2) is 0 Å². The van der Waals surface area contributed by atoms with E-state index in [0.717, 1.165) is 19.4 Å². The number of rotatable bonds is 7. The highest BCUT2D eigenvalue weighted by molar-refractivity contribution is 5.97. The molecular formula is C18H26N2O4. The molecule has 1 saturated heterocycles. The third-order valence-corrected chi connectivity index (χ3v) is 4.12. The molecule has 0 aromatic heterocycles. The zero-order valence-corrected chi connectivity index (χ0v) is 14.5. The number of benzene rings is 1. The van der Waals surface area contributed by atoms with Crippen molar-refractivity contribution in [3.8, 4) is 5.75 Å². The smallest absolute Gasteiger partial charge is 0.251 e. The Kier molecular flexibility index (Phi) is 6.61. The molecule has 2 rings (SSSR count). The van der Waals surface area contributed by atoms with Gasteiger partial charge in [-0.05, 0) is 43.0 Å². The summed E-state index contributed by atoms with van der Waals surface area (Å²) in [5, 5.41) is 5.70. The summed E-state index contributed by atoms with van der Waals surface area (Å²) >= 11 is 0. The molecule has 1 aliphatic rings. The fourth-order valence-corrected chi connectivity index (χ4v) is 2.63. The zero-order valence-electron chi connectivity index (χ0n) is 14.5. The molecule has 0 bridgehead atoms. The Hall–Kier alpha value is -2.08. The molecule has 2 atom stereocenters. The van der Waals surface area contributed by atoms with Gasteiger partial charge in [0.15, 0.2) is 0 Å². The first kappa shape index (κ1) is 18.3. The van der Waals surface area contributed by atoms with Crippen LogP contribution in [0.1, 0.15) is 37.0 Å². The highest BCUT2D eigenvalue weighted by Crippen LogP contribution is 2.13. The lowest BCUT2D eigenvalue weighted by atomic mass is 10.0. The molecule has 1 aromatic carbocycles. The van der Waals surface area contributed by atoms with Gasteiger partial charge >= 0.3 is 0 Å². The summed E-state index contributed by atoms with van der Waals surface area (Å²) in [6.45, 7) is 5.05. The van der Waals surface area contributed by atoms with E-state index < -0.39 is 6.04 Å². The first-order chi connectivity index (χ1) is 11.5. The fraction of sp³-hybridized carbons (Fsp3) is 0.556. The summed E-state index contributed by atoms with van der Waals surface area (Å²) < 4.78 is 10.6. The minimum Gasteiger partial charge on any atom is -0.497 e. The van der Waals surface area contributed by atoms with Crippen molar-refractivity contribution in [3.63, 3.8) is 0 Å². The molecule has 0 saturated carbocycles. The van der Waals surface area contributed by atoms with Crippen molar-refractivity contribution in [2.24, 2.45) is 5.92 Å². The van der Waals surface area contributed by atoms with Crippen LogP contribution in [0, 0.1) is 5.92 Å². The van der Waals surface area contributed by atoms with E-state index in [4.69, 9.17) is 9.47 Å². The molecular weight excluding hydrogens is 308 g/mol. The second-order valence-corrected chi connectivity index (χ2v) is 6.30. The van der Waals surface area contributed by atoms with Gasteiger partial charge in [-0.3, -0.25) is 9.59 Å². The Labute approximate surface area is 142 Å². The van der Waals surface area contributed by atoms with Crippen molar-refractivity contribution in [2.75, 3.05) is 20.3 Å². The molecule has 0 radical (unpaired) electrons. The zero-order chi connectivity index (χ0) is 17.5. The summed E-state index contributed by atoms with van der Waals surface area (Å²) in [7, 11) is 1.57. The van der Waals surface area contributed by atoms with Gasteiger partial charge in [0.05, 0.1) is 13.2 Å². The predicted octanol–water partition coefficient (Wildman–Crippen LogP) is 1.74. The molecule has 132 valence electrons. The number of hydrogen-bond donors (Lipinski definition) is 2. The quantitative estimate of drug-likeness (QED) is 0.796. The molecule has 1 fully saturated rings. The van der Waals surface area contributed by atoms with E-state index in [1.54, 1.807) is 31.4 Å². The fourth-order valence-electron chi connectivity index (χ4n) is 2.63. The summed E-state index contributed by atoms with van der Waals surface area (Å²) in [5.74, 6) is 0.212. The molecule has 2 N–H and O–H groups in total. The first-order valence-electron chi connectivity index (χ1n) is 8.35. The van der Waals surface area contributed by atoms with Crippen molar-refractivity contribution in [1.29, 1.82) is 0 Å². The van der Waals surface area contributed by atoms with Gasteiger partial charge in [0, 0.05) is 18.7 Å². The highest BCUT2D eigenvalue weighted by Gasteiger charge is 2.26. The number of nitrogens with one attached hydrogen (secondary N) is 2. The minimum atomic E-state index is -0.582. The second-order valence-electron chi connectivity index (χ2n) is 6.30. The monoisotopic (exact) mass is 334 g/mol. The van der Waals surface area contributed by atoms with Crippen molar-refractivity contribution in [1.82, 2.24) is 10.6 Å². The van der Waals surface area contributed by atoms with Crippen LogP contribution < -0.4 is 15.4 Å². The third kappa shape index (κ3) is 4.96. The number of hydrogen-bond acceptors (Lipinski definition) is 4. The van der Waals surface area contributed by atoms with Gasteiger partial charge in [-0.2, -0.15) is 0 Å². The number of amides is 2. The van der Waals surface area contributed by atoms with Crippen molar-refractivity contribution < 1.29 is 19.1 Å². The lowest BCUT2D eigenvalue weighted by Crippen LogP contribution is -2.50. The van der Waals surface area contributed by atoms with Gasteiger partial charge < -0.3 is 20.1 Å². The Balaban J connectivity index is 1.93. The molecule has 1 heterocycles. The number of methoxy groups -OCH3 is 1. The van der Waals surface area contributed by atoms with Gasteiger partial charge in [0.1, 0.15) is 11.8 Å². The number of carbonyl (C=O) groups is 2. The van der Waals surface area contributed by atoms with E-state index in [-0.39, 0.29) is 23.8 Å². The highest BCUT2D eigenvalue weighted by atomic mass is 16.5. The maximum atomic E-state index is 12.4. The van der Waals surface area contributed by atoms with Crippen LogP contribution in [0.5, 0.6) is 5.75 Å². The first-order valence-corrected chi connectivity index (χ1v) is 8.35. The Morgan fingerprint density at radius 3 is 2.54 bits per heavy atom. The third-order valence-electron chi connectivity index (χ3n) is 4.12. The Morgan fingerprint density at radius 1 is 1.29 bits per heavy atom. The summed E-state index contributed by atoms with van der Waals surface area (Å²) in [4.78, 5) is 24.8. The molecule has 1 aliphatic heterocycles. The topological polar surface area (TPSA) is 76.7 Å². The number of ether oxygens (including phenoxy) is 2. The summed E-state index contributed by atoms with van der Waals surface area (Å²) in [6.07, 6.45) is 2.08. The van der Waals surface area contributed by atoms with Gasteiger partial charge in [0.2, 0.25) is 5.91 Å². The molecule has 1 aromatic rings. The molecule has 0 aliphatic carbocycles. The number of carbonyl (C=O) groups excluding carboxylic acids is 2. The average Bonchev–Trinajstić information content (AvgIpc) is 3.10. The van der Waals surface area contributed by atoms with Crippen LogP contribution in [0.4, 0.5) is 0 Å². The standard InChI is InChI=1S/C18H26N2O4/c1-12(2)16(18(22)19-11-15-5-4-10-24-15)20-17(21)13-6-8-14(23-3)9-7-13/h6-9,12,15-16H,4-5,10-11H2,1-3H3,(H,19,22)(H,20,21)/t15-,16-/m0/s1. The lowest BCUT2D eigenvalue weighted by molar-refractivity contribution is -0.124. The van der Waals surface area contributed by atoms with E-state index in [1.165, 1.54) is 0 Å². The normalized spacial score (nSPS) is 18.2. The molecule has 24 heavy (non-hydrogen) atoms.